The highest BCUT2D eigenvalue weighted by Crippen LogP contribution is 2.23. The summed E-state index contributed by atoms with van der Waals surface area (Å²) in [5, 5.41) is 22.9. The number of nitrogens with one attached hydrogen (secondary N) is 3. The van der Waals surface area contributed by atoms with E-state index in [0.717, 1.165) is 21.9 Å². The summed E-state index contributed by atoms with van der Waals surface area (Å²) in [6, 6.07) is 22.6. The smallest absolute Gasteiger partial charge is 0.244 e. The first-order valence-electron chi connectivity index (χ1n) is 12.8. The summed E-state index contributed by atoms with van der Waals surface area (Å²) in [5.41, 5.74) is 2.97. The van der Waals surface area contributed by atoms with E-state index >= 15 is 0 Å². The first-order valence-corrected chi connectivity index (χ1v) is 14.0. The zero-order chi connectivity index (χ0) is 29.7. The van der Waals surface area contributed by atoms with Crippen LogP contribution in [0.4, 0.5) is 0 Å². The van der Waals surface area contributed by atoms with Gasteiger partial charge in [-0.1, -0.05) is 93.6 Å². The lowest BCUT2D eigenvalue weighted by Crippen LogP contribution is -2.54. The van der Waals surface area contributed by atoms with Crippen molar-refractivity contribution in [2.75, 3.05) is 7.05 Å². The molecule has 0 aliphatic rings. The molecule has 3 aromatic rings. The molecule has 0 fully saturated rings. The second-order valence-electron chi connectivity index (χ2n) is 10.3. The molecule has 0 aromatic heterocycles. The van der Waals surface area contributed by atoms with Crippen molar-refractivity contribution in [3.63, 3.8) is 0 Å². The minimum atomic E-state index is -1.35. The van der Waals surface area contributed by atoms with Gasteiger partial charge in [0.15, 0.2) is 0 Å². The molecule has 3 unspecified atom stereocenters. The number of rotatable bonds is 9. The molecule has 9 nitrogen and oxygen atoms in total. The molecule has 6 N–H and O–H groups in total. The summed E-state index contributed by atoms with van der Waals surface area (Å²) in [7, 11) is 0.166. The maximum absolute atomic E-state index is 13.0. The Labute approximate surface area is 237 Å². The minimum Gasteiger partial charge on any atom is -0.357 e. The van der Waals surface area contributed by atoms with Gasteiger partial charge < -0.3 is 10.6 Å². The second-order valence-corrected chi connectivity index (χ2v) is 11.2. The molecule has 3 amide bonds. The average molecular weight is 567 g/mol. The van der Waals surface area contributed by atoms with Crippen molar-refractivity contribution in [2.24, 2.45) is 16.5 Å². The number of hydrogen-bond donors (Lipinski definition) is 5. The molecule has 0 aliphatic carbocycles. The van der Waals surface area contributed by atoms with Gasteiger partial charge in [0.25, 0.3) is 0 Å². The predicted molar refractivity (Wildman–Crippen MR) is 159 cm³/mol. The van der Waals surface area contributed by atoms with E-state index in [0.29, 0.717) is 6.42 Å². The molecule has 10 heteroatoms. The standard InChI is InChI=1S/C22H29N3O4.C8H9NOS/c1-22(2,3)19(21(28)23-4)24-20(27)17(13-18(26)25-29)12-14-9-10-15-7-5-6-8-16(15)11-14;9-11(10)7-6-8-4-2-1-3-5-8/h5-11,17,19,29H,12-13H2,1-4H3,(H,23,28)(H,24,27)(H,25,26);1-7H,9H2/b;7-6+. The summed E-state index contributed by atoms with van der Waals surface area (Å²) >= 11 is 0. The largest absolute Gasteiger partial charge is 0.357 e. The molecular formula is C30H38N4O5S. The fourth-order valence-corrected chi connectivity index (χ4v) is 4.26. The summed E-state index contributed by atoms with van der Waals surface area (Å²) in [6.07, 6.45) is 1.84. The molecule has 0 bridgehead atoms. The van der Waals surface area contributed by atoms with Crippen LogP contribution in [0.5, 0.6) is 0 Å². The molecule has 214 valence electrons. The van der Waals surface area contributed by atoms with Crippen LogP contribution in [0, 0.1) is 11.3 Å². The van der Waals surface area contributed by atoms with Gasteiger partial charge in [-0.3, -0.25) is 19.6 Å². The van der Waals surface area contributed by atoms with Gasteiger partial charge in [-0.15, -0.1) is 0 Å². The van der Waals surface area contributed by atoms with E-state index in [2.05, 4.69) is 10.6 Å². The van der Waals surface area contributed by atoms with E-state index in [4.69, 9.17) is 10.3 Å². The monoisotopic (exact) mass is 566 g/mol. The zero-order valence-electron chi connectivity index (χ0n) is 23.2. The fraction of sp³-hybridized carbons (Fsp3) is 0.300. The second kappa shape index (κ2) is 15.7. The zero-order valence-corrected chi connectivity index (χ0v) is 24.0. The van der Waals surface area contributed by atoms with E-state index in [1.165, 1.54) is 12.5 Å². The maximum Gasteiger partial charge on any atom is 0.244 e. The van der Waals surface area contributed by atoms with Crippen LogP contribution < -0.4 is 21.3 Å². The molecule has 0 saturated heterocycles. The quantitative estimate of drug-likeness (QED) is 0.199. The van der Waals surface area contributed by atoms with Gasteiger partial charge in [0, 0.05) is 18.9 Å². The molecule has 0 heterocycles. The molecule has 0 saturated carbocycles. The Morgan fingerprint density at radius 3 is 2.15 bits per heavy atom. The van der Waals surface area contributed by atoms with Crippen molar-refractivity contribution in [3.8, 4) is 0 Å². The van der Waals surface area contributed by atoms with Gasteiger partial charge >= 0.3 is 0 Å². The molecule has 0 aliphatic heterocycles. The number of carbonyl (C=O) groups is 3. The normalized spacial score (nSPS) is 13.4. The van der Waals surface area contributed by atoms with Gasteiger partial charge in [0.2, 0.25) is 17.7 Å². The average Bonchev–Trinajstić information content (AvgIpc) is 2.94. The number of amides is 3. The van der Waals surface area contributed by atoms with E-state index in [1.54, 1.807) is 11.6 Å². The van der Waals surface area contributed by atoms with Gasteiger partial charge in [-0.05, 0) is 39.8 Å². The van der Waals surface area contributed by atoms with Crippen LogP contribution in [0.2, 0.25) is 0 Å². The lowest BCUT2D eigenvalue weighted by molar-refractivity contribution is -0.137. The van der Waals surface area contributed by atoms with Gasteiger partial charge in [0.05, 0.1) is 5.92 Å². The minimum absolute atomic E-state index is 0.195. The van der Waals surface area contributed by atoms with E-state index in [1.807, 2.05) is 93.6 Å². The van der Waals surface area contributed by atoms with E-state index in [9.17, 15) is 18.6 Å². The van der Waals surface area contributed by atoms with Crippen molar-refractivity contribution in [1.82, 2.24) is 16.1 Å². The van der Waals surface area contributed by atoms with Crippen LogP contribution in [0.25, 0.3) is 16.8 Å². The van der Waals surface area contributed by atoms with Crippen LogP contribution in [-0.2, 0) is 31.8 Å². The van der Waals surface area contributed by atoms with Crippen molar-refractivity contribution < 1.29 is 23.8 Å². The van der Waals surface area contributed by atoms with Crippen molar-refractivity contribution >= 4 is 45.6 Å². The van der Waals surface area contributed by atoms with Crippen LogP contribution in [0.3, 0.4) is 0 Å². The summed E-state index contributed by atoms with van der Waals surface area (Å²) in [6.45, 7) is 5.56. The van der Waals surface area contributed by atoms with Gasteiger partial charge in [-0.25, -0.2) is 14.8 Å². The van der Waals surface area contributed by atoms with Crippen LogP contribution in [-0.4, -0.2) is 40.2 Å². The molecular weight excluding hydrogens is 528 g/mol. The highest BCUT2D eigenvalue weighted by Gasteiger charge is 2.34. The van der Waals surface area contributed by atoms with E-state index in [-0.39, 0.29) is 12.3 Å². The molecule has 3 rings (SSSR count). The molecule has 3 atom stereocenters. The maximum atomic E-state index is 13.0. The highest BCUT2D eigenvalue weighted by atomic mass is 32.2. The van der Waals surface area contributed by atoms with Crippen molar-refractivity contribution in [3.05, 3.63) is 89.3 Å². The van der Waals surface area contributed by atoms with Crippen LogP contribution in [0.1, 0.15) is 38.3 Å². The molecule has 0 radical (unpaired) electrons. The lowest BCUT2D eigenvalue weighted by atomic mass is 9.85. The molecule has 40 heavy (non-hydrogen) atoms. The molecule has 3 aromatic carbocycles. The summed E-state index contributed by atoms with van der Waals surface area (Å²) in [4.78, 5) is 37.0. The van der Waals surface area contributed by atoms with Crippen LogP contribution >= 0.6 is 0 Å². The fourth-order valence-electron chi connectivity index (χ4n) is 3.97. The highest BCUT2D eigenvalue weighted by molar-refractivity contribution is 7.85. The van der Waals surface area contributed by atoms with E-state index < -0.39 is 40.2 Å². The Morgan fingerprint density at radius 1 is 0.950 bits per heavy atom. The number of likely N-dealkylation sites (N-methyl/N-ethyl adjacent to an activating group) is 1. The number of benzene rings is 3. The molecule has 0 spiro atoms. The first-order chi connectivity index (χ1) is 18.9. The number of fused-ring (bicyclic) bond motifs is 1. The van der Waals surface area contributed by atoms with Gasteiger partial charge in [0.1, 0.15) is 17.0 Å². The van der Waals surface area contributed by atoms with Crippen molar-refractivity contribution in [2.45, 2.75) is 39.7 Å². The first kappa shape index (κ1) is 32.4. The number of hydroxylamine groups is 1. The Hall–Kier alpha value is -3.86. The summed E-state index contributed by atoms with van der Waals surface area (Å²) in [5.74, 6) is -2.11. The number of hydrogen-bond acceptors (Lipinski definition) is 5. The Kier molecular flexibility index (Phi) is 12.7. The van der Waals surface area contributed by atoms with Crippen LogP contribution in [0.15, 0.2) is 78.2 Å². The SMILES string of the molecule is CNC(=O)C(NC(=O)C(CC(=O)NO)Cc1ccc2ccccc2c1)C(C)(C)C.NS(=O)/C=C/c1ccccc1. The topological polar surface area (TPSA) is 151 Å². The Balaban J connectivity index is 0.000000425. The summed E-state index contributed by atoms with van der Waals surface area (Å²) < 4.78 is 10.4. The third kappa shape index (κ3) is 10.7. The third-order valence-electron chi connectivity index (χ3n) is 6.08. The predicted octanol–water partition coefficient (Wildman–Crippen LogP) is 3.45. The lowest BCUT2D eigenvalue weighted by Gasteiger charge is -2.31. The Bertz CT molecular complexity index is 1340. The number of nitrogens with two attached hydrogens (primary N) is 1. The Morgan fingerprint density at radius 2 is 1.57 bits per heavy atom. The third-order valence-corrected chi connectivity index (χ3v) is 6.48. The van der Waals surface area contributed by atoms with Crippen molar-refractivity contribution in [1.29, 1.82) is 0 Å². The number of carbonyl (C=O) groups excluding carboxylic acids is 3. The van der Waals surface area contributed by atoms with Gasteiger partial charge in [-0.2, -0.15) is 0 Å².